The van der Waals surface area contributed by atoms with Crippen molar-refractivity contribution >= 4 is 46.4 Å². The molecule has 8 heteroatoms. The molecule has 2 N–H and O–H groups in total. The van der Waals surface area contributed by atoms with Crippen LogP contribution in [0.25, 0.3) is 0 Å². The maximum Gasteiger partial charge on any atom is 0.253 e. The van der Waals surface area contributed by atoms with Crippen LogP contribution in [0.4, 0.5) is 15.8 Å². The van der Waals surface area contributed by atoms with Crippen molar-refractivity contribution in [2.45, 2.75) is 30.7 Å². The van der Waals surface area contributed by atoms with Crippen LogP contribution in [0.15, 0.2) is 18.2 Å². The van der Waals surface area contributed by atoms with Gasteiger partial charge in [-0.1, -0.05) is 6.07 Å². The third kappa shape index (κ3) is 4.34. The van der Waals surface area contributed by atoms with Crippen LogP contribution >= 0.6 is 23.2 Å². The van der Waals surface area contributed by atoms with Crippen molar-refractivity contribution in [3.63, 3.8) is 0 Å². The molecule has 2 rings (SSSR count). The number of alkyl halides is 2. The summed E-state index contributed by atoms with van der Waals surface area (Å²) in [5, 5.41) is 4.86. The van der Waals surface area contributed by atoms with E-state index in [9.17, 15) is 14.0 Å². The van der Waals surface area contributed by atoms with Gasteiger partial charge in [0, 0.05) is 6.61 Å². The molecule has 126 valence electrons. The van der Waals surface area contributed by atoms with Crippen LogP contribution in [-0.4, -0.2) is 28.9 Å². The van der Waals surface area contributed by atoms with E-state index in [2.05, 4.69) is 10.6 Å². The van der Waals surface area contributed by atoms with E-state index in [1.165, 1.54) is 18.2 Å². The Morgan fingerprint density at radius 1 is 1.39 bits per heavy atom. The van der Waals surface area contributed by atoms with Crippen LogP contribution in [-0.2, 0) is 14.3 Å². The predicted octanol–water partition coefficient (Wildman–Crippen LogP) is 3.32. The average molecular weight is 363 g/mol. The highest BCUT2D eigenvalue weighted by molar-refractivity contribution is 6.52. The molecule has 0 saturated heterocycles. The molecule has 0 aliphatic heterocycles. The normalized spacial score (nSPS) is 19.8. The molecule has 23 heavy (non-hydrogen) atoms. The first-order chi connectivity index (χ1) is 10.8. The summed E-state index contributed by atoms with van der Waals surface area (Å²) in [7, 11) is 0. The van der Waals surface area contributed by atoms with Crippen LogP contribution in [0, 0.1) is 11.7 Å². The Morgan fingerprint density at radius 3 is 2.48 bits per heavy atom. The van der Waals surface area contributed by atoms with Gasteiger partial charge in [0.05, 0.1) is 17.3 Å². The van der Waals surface area contributed by atoms with Gasteiger partial charge in [0.2, 0.25) is 5.91 Å². The zero-order chi connectivity index (χ0) is 17.2. The van der Waals surface area contributed by atoms with E-state index in [-0.39, 0.29) is 11.4 Å². The van der Waals surface area contributed by atoms with E-state index in [4.69, 9.17) is 27.9 Å². The van der Waals surface area contributed by atoms with Gasteiger partial charge in [-0.25, -0.2) is 4.39 Å². The fourth-order valence-electron chi connectivity index (χ4n) is 2.00. The van der Waals surface area contributed by atoms with Crippen molar-refractivity contribution < 1.29 is 18.7 Å². The molecule has 2 amide bonds. The SMILES string of the molecule is CCOC(C)C(=O)Nc1cccc(NC(=O)C2CC2(Cl)Cl)c1F. The molecule has 5 nitrogen and oxygen atoms in total. The highest BCUT2D eigenvalue weighted by Gasteiger charge is 2.56. The van der Waals surface area contributed by atoms with Gasteiger partial charge in [-0.2, -0.15) is 0 Å². The van der Waals surface area contributed by atoms with Gasteiger partial charge in [0.15, 0.2) is 5.82 Å². The number of ether oxygens (including phenoxy) is 1. The van der Waals surface area contributed by atoms with E-state index < -0.39 is 34.0 Å². The average Bonchev–Trinajstić information content (AvgIpc) is 3.12. The van der Waals surface area contributed by atoms with Crippen molar-refractivity contribution in [1.82, 2.24) is 0 Å². The zero-order valence-corrected chi connectivity index (χ0v) is 14.2. The summed E-state index contributed by atoms with van der Waals surface area (Å²) < 4.78 is 18.4. The molecular formula is C15H17Cl2FN2O3. The molecule has 0 aromatic heterocycles. The van der Waals surface area contributed by atoms with Crippen molar-refractivity contribution in [2.24, 2.45) is 5.92 Å². The number of nitrogens with one attached hydrogen (secondary N) is 2. The van der Waals surface area contributed by atoms with Gasteiger partial charge in [-0.05, 0) is 32.4 Å². The molecule has 1 aliphatic rings. The van der Waals surface area contributed by atoms with Crippen LogP contribution in [0.1, 0.15) is 20.3 Å². The van der Waals surface area contributed by atoms with Crippen LogP contribution in [0.3, 0.4) is 0 Å². The highest BCUT2D eigenvalue weighted by Crippen LogP contribution is 2.53. The Bertz CT molecular complexity index is 625. The first kappa shape index (κ1) is 18.0. The Hall–Kier alpha value is -1.37. The summed E-state index contributed by atoms with van der Waals surface area (Å²) in [6, 6.07) is 4.30. The third-order valence-electron chi connectivity index (χ3n) is 3.44. The second-order valence-corrected chi connectivity index (χ2v) is 6.80. The largest absolute Gasteiger partial charge is 0.369 e. The Morgan fingerprint density at radius 2 is 1.96 bits per heavy atom. The van der Waals surface area contributed by atoms with Crippen molar-refractivity contribution in [3.8, 4) is 0 Å². The number of benzene rings is 1. The Labute approximate surface area is 143 Å². The molecule has 0 bridgehead atoms. The van der Waals surface area contributed by atoms with Crippen LogP contribution < -0.4 is 10.6 Å². The Kier molecular flexibility index (Phi) is 5.49. The van der Waals surface area contributed by atoms with Crippen molar-refractivity contribution in [3.05, 3.63) is 24.0 Å². The number of hydrogen-bond donors (Lipinski definition) is 2. The minimum Gasteiger partial charge on any atom is -0.369 e. The summed E-state index contributed by atoms with van der Waals surface area (Å²) in [5.74, 6) is -2.24. The zero-order valence-electron chi connectivity index (χ0n) is 12.7. The lowest BCUT2D eigenvalue weighted by Gasteiger charge is -2.14. The predicted molar refractivity (Wildman–Crippen MR) is 87.3 cm³/mol. The van der Waals surface area contributed by atoms with E-state index in [0.29, 0.717) is 13.0 Å². The molecular weight excluding hydrogens is 346 g/mol. The van der Waals surface area contributed by atoms with Crippen LogP contribution in [0.2, 0.25) is 0 Å². The number of hydrogen-bond acceptors (Lipinski definition) is 3. The molecule has 2 atom stereocenters. The van der Waals surface area contributed by atoms with Crippen LogP contribution in [0.5, 0.6) is 0 Å². The summed E-state index contributed by atoms with van der Waals surface area (Å²) in [4.78, 5) is 23.8. The first-order valence-electron chi connectivity index (χ1n) is 7.16. The quantitative estimate of drug-likeness (QED) is 0.762. The third-order valence-corrected chi connectivity index (χ3v) is 4.28. The molecule has 0 heterocycles. The number of amides is 2. The van der Waals surface area contributed by atoms with Gasteiger partial charge in [0.1, 0.15) is 10.4 Å². The number of carbonyl (C=O) groups is 2. The molecule has 0 spiro atoms. The van der Waals surface area contributed by atoms with Gasteiger partial charge in [-0.15, -0.1) is 23.2 Å². The molecule has 1 aromatic carbocycles. The number of rotatable bonds is 6. The second kappa shape index (κ2) is 7.03. The lowest BCUT2D eigenvalue weighted by Crippen LogP contribution is -2.28. The minimum atomic E-state index is -1.08. The number of carbonyl (C=O) groups excluding carboxylic acids is 2. The van der Waals surface area contributed by atoms with E-state index in [1.807, 2.05) is 0 Å². The Balaban J connectivity index is 2.06. The highest BCUT2D eigenvalue weighted by atomic mass is 35.5. The lowest BCUT2D eigenvalue weighted by atomic mass is 10.2. The molecule has 1 saturated carbocycles. The van der Waals surface area contributed by atoms with Gasteiger partial charge in [-0.3, -0.25) is 9.59 Å². The monoisotopic (exact) mass is 362 g/mol. The molecule has 0 radical (unpaired) electrons. The van der Waals surface area contributed by atoms with Gasteiger partial charge < -0.3 is 15.4 Å². The lowest BCUT2D eigenvalue weighted by molar-refractivity contribution is -0.126. The summed E-state index contributed by atoms with van der Waals surface area (Å²) >= 11 is 11.6. The smallest absolute Gasteiger partial charge is 0.253 e. The fourth-order valence-corrected chi connectivity index (χ4v) is 2.51. The maximum atomic E-state index is 14.4. The second-order valence-electron chi connectivity index (χ2n) is 5.26. The number of anilines is 2. The van der Waals surface area contributed by atoms with E-state index in [0.717, 1.165) is 0 Å². The molecule has 2 unspecified atom stereocenters. The van der Waals surface area contributed by atoms with Gasteiger partial charge >= 0.3 is 0 Å². The molecule has 1 fully saturated rings. The van der Waals surface area contributed by atoms with E-state index >= 15 is 0 Å². The fraction of sp³-hybridized carbons (Fsp3) is 0.467. The standard InChI is InChI=1S/C15H17Cl2FN2O3/c1-3-23-8(2)13(21)19-10-5-4-6-11(12(10)18)20-14(22)9-7-15(9,16)17/h4-6,8-9H,3,7H2,1-2H3,(H,19,21)(H,20,22). The molecule has 1 aromatic rings. The molecule has 1 aliphatic carbocycles. The topological polar surface area (TPSA) is 67.4 Å². The van der Waals surface area contributed by atoms with E-state index in [1.54, 1.807) is 13.8 Å². The van der Waals surface area contributed by atoms with Gasteiger partial charge in [0.25, 0.3) is 5.91 Å². The first-order valence-corrected chi connectivity index (χ1v) is 7.91. The van der Waals surface area contributed by atoms with Crippen molar-refractivity contribution in [2.75, 3.05) is 17.2 Å². The minimum absolute atomic E-state index is 0.0434. The summed E-state index contributed by atoms with van der Waals surface area (Å²) in [6.07, 6.45) is -0.386. The van der Waals surface area contributed by atoms with Crippen molar-refractivity contribution in [1.29, 1.82) is 0 Å². The number of halogens is 3. The summed E-state index contributed by atoms with van der Waals surface area (Å²) in [6.45, 7) is 3.69. The summed E-state index contributed by atoms with van der Waals surface area (Å²) in [5.41, 5.74) is -0.0916. The maximum absolute atomic E-state index is 14.4.